The molecule has 0 N–H and O–H groups in total. The van der Waals surface area contributed by atoms with Gasteiger partial charge in [0.15, 0.2) is 0 Å². The van der Waals surface area contributed by atoms with Crippen LogP contribution >= 0.6 is 0 Å². The highest BCUT2D eigenvalue weighted by atomic mass is 14.8. The van der Waals surface area contributed by atoms with E-state index in [1.165, 1.54) is 19.3 Å². The fraction of sp³-hybridized carbons (Fsp3) is 0.857. The van der Waals surface area contributed by atoms with Crippen molar-refractivity contribution in [2.24, 2.45) is 0 Å². The topological polar surface area (TPSA) is 14.1 Å². The third kappa shape index (κ3) is 2.31. The summed E-state index contributed by atoms with van der Waals surface area (Å²) in [5.41, 5.74) is 0. The summed E-state index contributed by atoms with van der Waals surface area (Å²) < 4.78 is 0. The molecule has 0 bridgehead atoms. The highest BCUT2D eigenvalue weighted by molar-refractivity contribution is 4.69. The maximum absolute atomic E-state index is 4.22. The van der Waals surface area contributed by atoms with E-state index in [-0.39, 0.29) is 0 Å². The predicted octanol–water partition coefficient (Wildman–Crippen LogP) is 1.25. The standard InChI is InChI=1S/C7H12N/c1-2-4-6-8-7-5-3-1/h1-4,6-7H2. The molecule has 1 aliphatic rings. The SMILES string of the molecule is [C]1CCCCC[N]C1. The maximum Gasteiger partial charge on any atom is 0.0202 e. The minimum Gasteiger partial charge on any atom is -0.241 e. The van der Waals surface area contributed by atoms with Crippen molar-refractivity contribution in [1.82, 2.24) is 5.32 Å². The largest absolute Gasteiger partial charge is 0.241 e. The van der Waals surface area contributed by atoms with E-state index in [4.69, 9.17) is 0 Å². The summed E-state index contributed by atoms with van der Waals surface area (Å²) in [6.45, 7) is 1.94. The van der Waals surface area contributed by atoms with Crippen LogP contribution in [0.4, 0.5) is 0 Å². The number of nitrogens with zero attached hydrogens (tertiary/aromatic N) is 1. The monoisotopic (exact) mass is 110 g/mol. The van der Waals surface area contributed by atoms with Crippen LogP contribution in [0.25, 0.3) is 0 Å². The molecule has 0 unspecified atom stereocenters. The first-order valence-corrected chi connectivity index (χ1v) is 3.34. The van der Waals surface area contributed by atoms with Crippen molar-refractivity contribution in [3.8, 4) is 0 Å². The van der Waals surface area contributed by atoms with Crippen molar-refractivity contribution in [3.63, 3.8) is 0 Å². The number of hydrogen-bond acceptors (Lipinski definition) is 0. The van der Waals surface area contributed by atoms with Gasteiger partial charge in [0.25, 0.3) is 0 Å². The molecule has 1 heterocycles. The van der Waals surface area contributed by atoms with Gasteiger partial charge in [-0.15, -0.1) is 0 Å². The molecule has 1 saturated heterocycles. The minimum atomic E-state index is 0.875. The smallest absolute Gasteiger partial charge is 0.0202 e. The van der Waals surface area contributed by atoms with E-state index < -0.39 is 0 Å². The molecule has 0 saturated carbocycles. The highest BCUT2D eigenvalue weighted by Crippen LogP contribution is 2.03. The van der Waals surface area contributed by atoms with Crippen molar-refractivity contribution in [3.05, 3.63) is 6.42 Å². The average molecular weight is 110 g/mol. The second-order valence-corrected chi connectivity index (χ2v) is 2.17. The van der Waals surface area contributed by atoms with E-state index in [1.54, 1.807) is 0 Å². The Morgan fingerprint density at radius 3 is 3.12 bits per heavy atom. The van der Waals surface area contributed by atoms with Gasteiger partial charge in [0.05, 0.1) is 0 Å². The van der Waals surface area contributed by atoms with Gasteiger partial charge < -0.3 is 0 Å². The second-order valence-electron chi connectivity index (χ2n) is 2.17. The van der Waals surface area contributed by atoms with Gasteiger partial charge in [-0.3, -0.25) is 0 Å². The number of rotatable bonds is 0. The maximum atomic E-state index is 4.22. The second kappa shape index (κ2) is 3.90. The van der Waals surface area contributed by atoms with Gasteiger partial charge in [0, 0.05) is 13.1 Å². The summed E-state index contributed by atoms with van der Waals surface area (Å²) >= 11 is 0. The summed E-state index contributed by atoms with van der Waals surface area (Å²) in [6.07, 6.45) is 8.34. The Balaban J connectivity index is 2.00. The lowest BCUT2D eigenvalue weighted by Crippen LogP contribution is -2.11. The molecule has 0 atom stereocenters. The minimum absolute atomic E-state index is 0.875. The van der Waals surface area contributed by atoms with Gasteiger partial charge in [0.1, 0.15) is 0 Å². The van der Waals surface area contributed by atoms with Crippen molar-refractivity contribution < 1.29 is 0 Å². The molecular weight excluding hydrogens is 98.1 g/mol. The molecule has 45 valence electrons. The summed E-state index contributed by atoms with van der Waals surface area (Å²) in [5.74, 6) is 0. The number of hydrogen-bond donors (Lipinski definition) is 0. The van der Waals surface area contributed by atoms with Crippen molar-refractivity contribution >= 4 is 0 Å². The molecule has 0 aromatic rings. The van der Waals surface area contributed by atoms with E-state index in [1.807, 2.05) is 0 Å². The highest BCUT2D eigenvalue weighted by Gasteiger charge is 1.96. The van der Waals surface area contributed by atoms with Gasteiger partial charge in [0.2, 0.25) is 0 Å². The van der Waals surface area contributed by atoms with E-state index in [0.29, 0.717) is 0 Å². The Labute approximate surface area is 51.5 Å². The van der Waals surface area contributed by atoms with Crippen LogP contribution in [0.1, 0.15) is 25.7 Å². The zero-order valence-electron chi connectivity index (χ0n) is 5.19. The third-order valence-corrected chi connectivity index (χ3v) is 1.39. The predicted molar refractivity (Wildman–Crippen MR) is 33.6 cm³/mol. The zero-order chi connectivity index (χ0) is 5.66. The van der Waals surface area contributed by atoms with E-state index in [0.717, 1.165) is 19.5 Å². The summed E-state index contributed by atoms with van der Waals surface area (Å²) in [6, 6.07) is 0. The van der Waals surface area contributed by atoms with Crippen LogP contribution in [-0.2, 0) is 0 Å². The lowest BCUT2D eigenvalue weighted by Gasteiger charge is -2.05. The van der Waals surface area contributed by atoms with Gasteiger partial charge >= 0.3 is 0 Å². The zero-order valence-corrected chi connectivity index (χ0v) is 5.19. The molecule has 0 aromatic carbocycles. The summed E-state index contributed by atoms with van der Waals surface area (Å²) in [7, 11) is 0. The molecule has 1 fully saturated rings. The normalized spacial score (nSPS) is 24.0. The van der Waals surface area contributed by atoms with Crippen molar-refractivity contribution in [2.45, 2.75) is 25.7 Å². The van der Waals surface area contributed by atoms with E-state index in [2.05, 4.69) is 11.7 Å². The first kappa shape index (κ1) is 6.09. The molecule has 0 aromatic heterocycles. The van der Waals surface area contributed by atoms with Gasteiger partial charge in [-0.05, 0) is 19.3 Å². The van der Waals surface area contributed by atoms with Gasteiger partial charge in [-0.1, -0.05) is 12.8 Å². The Hall–Kier alpha value is -0.0400. The Kier molecular flexibility index (Phi) is 2.97. The molecule has 0 aliphatic carbocycles. The van der Waals surface area contributed by atoms with E-state index in [9.17, 15) is 0 Å². The van der Waals surface area contributed by atoms with Gasteiger partial charge in [-0.2, -0.15) is 0 Å². The fourth-order valence-electron chi connectivity index (χ4n) is 0.888. The molecular formula is C7H12N. The van der Waals surface area contributed by atoms with E-state index >= 15 is 0 Å². The van der Waals surface area contributed by atoms with Crippen LogP contribution in [-0.4, -0.2) is 13.1 Å². The molecule has 1 nitrogen and oxygen atoms in total. The summed E-state index contributed by atoms with van der Waals surface area (Å²) in [4.78, 5) is 0. The average Bonchev–Trinajstić information content (AvgIpc) is 1.62. The van der Waals surface area contributed by atoms with Gasteiger partial charge in [-0.25, -0.2) is 5.32 Å². The Bertz CT molecular complexity index is 28.3. The molecule has 0 spiro atoms. The molecule has 8 heavy (non-hydrogen) atoms. The van der Waals surface area contributed by atoms with Crippen molar-refractivity contribution in [2.75, 3.05) is 13.1 Å². The summed E-state index contributed by atoms with van der Waals surface area (Å²) in [5, 5.41) is 4.22. The van der Waals surface area contributed by atoms with Crippen LogP contribution < -0.4 is 5.32 Å². The third-order valence-electron chi connectivity index (χ3n) is 1.39. The van der Waals surface area contributed by atoms with Crippen molar-refractivity contribution in [1.29, 1.82) is 0 Å². The Morgan fingerprint density at radius 2 is 2.12 bits per heavy atom. The first-order valence-electron chi connectivity index (χ1n) is 3.34. The Morgan fingerprint density at radius 1 is 1.12 bits per heavy atom. The molecule has 1 rings (SSSR count). The molecule has 1 heteroatoms. The molecule has 0 amide bonds. The van der Waals surface area contributed by atoms with Crippen LogP contribution in [0.3, 0.4) is 0 Å². The van der Waals surface area contributed by atoms with Crippen LogP contribution in [0.5, 0.6) is 0 Å². The van der Waals surface area contributed by atoms with Crippen LogP contribution in [0.15, 0.2) is 0 Å². The quantitative estimate of drug-likeness (QED) is 0.445. The van der Waals surface area contributed by atoms with Crippen LogP contribution in [0, 0.1) is 6.42 Å². The molecule has 3 radical (unpaired) electrons. The molecule has 1 aliphatic heterocycles. The lowest BCUT2D eigenvalue weighted by atomic mass is 10.1. The van der Waals surface area contributed by atoms with Crippen LogP contribution in [0.2, 0.25) is 0 Å². The first-order chi connectivity index (χ1) is 4.00. The lowest BCUT2D eigenvalue weighted by molar-refractivity contribution is 0.567. The fourth-order valence-corrected chi connectivity index (χ4v) is 0.888.